The number of fused-ring (bicyclic) bond motifs is 1. The fraction of sp³-hybridized carbons (Fsp3) is 0.278. The summed E-state index contributed by atoms with van der Waals surface area (Å²) >= 11 is 0. The molecule has 0 bridgehead atoms. The highest BCUT2D eigenvalue weighted by molar-refractivity contribution is 5.78. The highest BCUT2D eigenvalue weighted by Gasteiger charge is 2.22. The van der Waals surface area contributed by atoms with Crippen molar-refractivity contribution in [1.82, 2.24) is 5.32 Å². The number of nitrogens with one attached hydrogen (secondary N) is 1. The second-order valence-corrected chi connectivity index (χ2v) is 5.87. The first-order chi connectivity index (χ1) is 12.0. The van der Waals surface area contributed by atoms with Crippen LogP contribution in [0.4, 0.5) is 10.1 Å². The highest BCUT2D eigenvalue weighted by atomic mass is 19.1. The molecule has 3 rings (SSSR count). The first kappa shape index (κ1) is 16.9. The van der Waals surface area contributed by atoms with E-state index in [2.05, 4.69) is 5.32 Å². The molecule has 0 radical (unpaired) electrons. The summed E-state index contributed by atoms with van der Waals surface area (Å²) in [6, 6.07) is 10.7. The smallest absolute Gasteiger partial charge is 0.311 e. The van der Waals surface area contributed by atoms with Crippen molar-refractivity contribution in [2.75, 3.05) is 6.61 Å². The zero-order chi connectivity index (χ0) is 17.8. The van der Waals surface area contributed by atoms with Gasteiger partial charge in [-0.15, -0.1) is 0 Å². The van der Waals surface area contributed by atoms with Crippen molar-refractivity contribution < 1.29 is 18.8 Å². The Morgan fingerprint density at radius 1 is 1.32 bits per heavy atom. The van der Waals surface area contributed by atoms with E-state index in [0.717, 1.165) is 43.0 Å². The Kier molecular flexibility index (Phi) is 4.92. The van der Waals surface area contributed by atoms with Crippen LogP contribution in [0, 0.1) is 15.9 Å². The van der Waals surface area contributed by atoms with E-state index in [1.54, 1.807) is 0 Å². The van der Waals surface area contributed by atoms with Gasteiger partial charge >= 0.3 is 5.69 Å². The van der Waals surface area contributed by atoms with Gasteiger partial charge in [0.15, 0.2) is 6.61 Å². The number of nitro benzene ring substituents is 1. The standard InChI is InChI=1S/C18H17FN2O4/c19-13-8-9-16(21(23)24)17(10-13)25-11-18(22)20-15-7-3-5-12-4-1-2-6-14(12)15/h1-2,4,6,8-10,15H,3,5,7,11H2,(H,20,22)/t15-/m1/s1. The third-order valence-corrected chi connectivity index (χ3v) is 4.18. The lowest BCUT2D eigenvalue weighted by Gasteiger charge is -2.26. The summed E-state index contributed by atoms with van der Waals surface area (Å²) in [6.07, 6.45) is 2.77. The Balaban J connectivity index is 1.65. The first-order valence-corrected chi connectivity index (χ1v) is 7.98. The number of nitrogens with zero attached hydrogens (tertiary/aromatic N) is 1. The minimum absolute atomic E-state index is 0.108. The number of hydrogen-bond donors (Lipinski definition) is 1. The van der Waals surface area contributed by atoms with Crippen molar-refractivity contribution in [2.24, 2.45) is 0 Å². The van der Waals surface area contributed by atoms with Crippen LogP contribution in [0.1, 0.15) is 30.0 Å². The fourth-order valence-corrected chi connectivity index (χ4v) is 3.04. The average Bonchev–Trinajstić information content (AvgIpc) is 2.60. The highest BCUT2D eigenvalue weighted by Crippen LogP contribution is 2.30. The molecule has 7 heteroatoms. The number of hydrogen-bond acceptors (Lipinski definition) is 4. The van der Waals surface area contributed by atoms with Crippen LogP contribution >= 0.6 is 0 Å². The van der Waals surface area contributed by atoms with Crippen LogP contribution in [0.15, 0.2) is 42.5 Å². The number of carbonyl (C=O) groups is 1. The summed E-state index contributed by atoms with van der Waals surface area (Å²) in [6.45, 7) is -0.414. The largest absolute Gasteiger partial charge is 0.477 e. The van der Waals surface area contributed by atoms with E-state index in [0.29, 0.717) is 0 Å². The minimum Gasteiger partial charge on any atom is -0.477 e. The van der Waals surface area contributed by atoms with E-state index in [1.807, 2.05) is 24.3 Å². The number of nitro groups is 1. The normalized spacial score (nSPS) is 16.0. The van der Waals surface area contributed by atoms with Gasteiger partial charge in [-0.1, -0.05) is 24.3 Å². The maximum absolute atomic E-state index is 13.3. The molecule has 0 aromatic heterocycles. The maximum atomic E-state index is 13.3. The lowest BCUT2D eigenvalue weighted by Crippen LogP contribution is -2.34. The Bertz CT molecular complexity index is 809. The van der Waals surface area contributed by atoms with Gasteiger partial charge in [0.25, 0.3) is 5.91 Å². The van der Waals surface area contributed by atoms with Crippen molar-refractivity contribution in [2.45, 2.75) is 25.3 Å². The summed E-state index contributed by atoms with van der Waals surface area (Å²) in [7, 11) is 0. The number of amides is 1. The van der Waals surface area contributed by atoms with Crippen LogP contribution in [-0.4, -0.2) is 17.4 Å². The Morgan fingerprint density at radius 2 is 2.12 bits per heavy atom. The van der Waals surface area contributed by atoms with Gasteiger partial charge in [0.2, 0.25) is 5.75 Å². The molecule has 0 spiro atoms. The molecule has 1 aliphatic rings. The molecular formula is C18H17FN2O4. The quantitative estimate of drug-likeness (QED) is 0.666. The lowest BCUT2D eigenvalue weighted by atomic mass is 9.88. The predicted molar refractivity (Wildman–Crippen MR) is 88.8 cm³/mol. The van der Waals surface area contributed by atoms with Gasteiger partial charge in [-0.05, 0) is 36.5 Å². The van der Waals surface area contributed by atoms with Crippen LogP contribution in [0.25, 0.3) is 0 Å². The molecule has 0 unspecified atom stereocenters. The van der Waals surface area contributed by atoms with Crippen molar-refractivity contribution in [3.63, 3.8) is 0 Å². The van der Waals surface area contributed by atoms with Crippen molar-refractivity contribution >= 4 is 11.6 Å². The molecule has 1 amide bonds. The summed E-state index contributed by atoms with van der Waals surface area (Å²) in [5.41, 5.74) is 1.91. The van der Waals surface area contributed by atoms with Crippen molar-refractivity contribution in [3.05, 3.63) is 69.5 Å². The molecule has 0 heterocycles. The minimum atomic E-state index is -0.677. The monoisotopic (exact) mass is 344 g/mol. The number of aryl methyl sites for hydroxylation is 1. The molecule has 0 saturated carbocycles. The molecule has 0 saturated heterocycles. The topological polar surface area (TPSA) is 81.5 Å². The SMILES string of the molecule is O=C(COc1cc(F)ccc1[N+](=O)[O-])N[C@@H]1CCCc2ccccc21. The van der Waals surface area contributed by atoms with Crippen LogP contribution in [-0.2, 0) is 11.2 Å². The molecule has 1 N–H and O–H groups in total. The second-order valence-electron chi connectivity index (χ2n) is 5.87. The van der Waals surface area contributed by atoms with E-state index in [-0.39, 0.29) is 17.5 Å². The van der Waals surface area contributed by atoms with Crippen LogP contribution in [0.5, 0.6) is 5.75 Å². The number of ether oxygens (including phenoxy) is 1. The molecule has 2 aromatic carbocycles. The third-order valence-electron chi connectivity index (χ3n) is 4.18. The number of benzene rings is 2. The first-order valence-electron chi connectivity index (χ1n) is 7.98. The Morgan fingerprint density at radius 3 is 2.92 bits per heavy atom. The van der Waals surface area contributed by atoms with Gasteiger partial charge in [-0.25, -0.2) is 4.39 Å². The zero-order valence-corrected chi connectivity index (χ0v) is 13.4. The molecule has 1 aliphatic carbocycles. The molecule has 0 fully saturated rings. The number of carbonyl (C=O) groups excluding carboxylic acids is 1. The maximum Gasteiger partial charge on any atom is 0.311 e. The molecular weight excluding hydrogens is 327 g/mol. The van der Waals surface area contributed by atoms with E-state index in [4.69, 9.17) is 4.74 Å². The van der Waals surface area contributed by atoms with Crippen LogP contribution < -0.4 is 10.1 Å². The van der Waals surface area contributed by atoms with Gasteiger partial charge in [0, 0.05) is 12.1 Å². The summed E-state index contributed by atoms with van der Waals surface area (Å²) in [5.74, 6) is -1.33. The van der Waals surface area contributed by atoms with Crippen molar-refractivity contribution in [1.29, 1.82) is 0 Å². The van der Waals surface area contributed by atoms with Gasteiger partial charge in [-0.2, -0.15) is 0 Å². The van der Waals surface area contributed by atoms with Crippen LogP contribution in [0.3, 0.4) is 0 Å². The molecule has 1 atom stereocenters. The van der Waals surface area contributed by atoms with E-state index >= 15 is 0 Å². The van der Waals surface area contributed by atoms with Gasteiger partial charge in [0.05, 0.1) is 11.0 Å². The van der Waals surface area contributed by atoms with Gasteiger partial charge in [0.1, 0.15) is 5.82 Å². The second kappa shape index (κ2) is 7.29. The van der Waals surface area contributed by atoms with Gasteiger partial charge in [-0.3, -0.25) is 14.9 Å². The fourth-order valence-electron chi connectivity index (χ4n) is 3.04. The summed E-state index contributed by atoms with van der Waals surface area (Å²) in [4.78, 5) is 22.4. The molecule has 0 aliphatic heterocycles. The molecule has 25 heavy (non-hydrogen) atoms. The van der Waals surface area contributed by atoms with Crippen LogP contribution in [0.2, 0.25) is 0 Å². The molecule has 130 valence electrons. The number of halogens is 1. The van der Waals surface area contributed by atoms with E-state index in [1.165, 1.54) is 5.56 Å². The lowest BCUT2D eigenvalue weighted by molar-refractivity contribution is -0.385. The summed E-state index contributed by atoms with van der Waals surface area (Å²) in [5, 5.41) is 13.8. The van der Waals surface area contributed by atoms with E-state index in [9.17, 15) is 19.3 Å². The van der Waals surface area contributed by atoms with Gasteiger partial charge < -0.3 is 10.1 Å². The van der Waals surface area contributed by atoms with Crippen molar-refractivity contribution in [3.8, 4) is 5.75 Å². The summed E-state index contributed by atoms with van der Waals surface area (Å²) < 4.78 is 18.4. The molecule has 6 nitrogen and oxygen atoms in total. The number of rotatable bonds is 5. The average molecular weight is 344 g/mol. The predicted octanol–water partition coefficient (Wildman–Crippen LogP) is 3.31. The van der Waals surface area contributed by atoms with E-state index < -0.39 is 23.3 Å². The Labute approximate surface area is 143 Å². The zero-order valence-electron chi connectivity index (χ0n) is 13.4. The Hall–Kier alpha value is -2.96. The third kappa shape index (κ3) is 3.93. The molecule has 2 aromatic rings.